The van der Waals surface area contributed by atoms with Crippen LogP contribution >= 0.6 is 0 Å². The van der Waals surface area contributed by atoms with Gasteiger partial charge >= 0.3 is 0 Å². The summed E-state index contributed by atoms with van der Waals surface area (Å²) in [4.78, 5) is 1.91. The Morgan fingerprint density at radius 1 is 1.46 bits per heavy atom. The number of halogens is 2. The maximum Gasteiger partial charge on any atom is 0.272 e. The molecule has 0 radical (unpaired) electrons. The van der Waals surface area contributed by atoms with Crippen LogP contribution in [0.15, 0.2) is 11.6 Å². The van der Waals surface area contributed by atoms with Gasteiger partial charge in [0.15, 0.2) is 0 Å². The minimum atomic E-state index is -2.41. The van der Waals surface area contributed by atoms with Crippen LogP contribution in [-0.2, 0) is 0 Å². The van der Waals surface area contributed by atoms with Crippen molar-refractivity contribution in [3.05, 3.63) is 11.6 Å². The van der Waals surface area contributed by atoms with Gasteiger partial charge in [0.1, 0.15) is 0 Å². The van der Waals surface area contributed by atoms with Gasteiger partial charge in [-0.25, -0.2) is 8.78 Å². The molecule has 0 aromatic heterocycles. The molecular weight excluding hydrogens is 172 g/mol. The molecule has 1 nitrogen and oxygen atoms in total. The topological polar surface area (TPSA) is 3.24 Å². The van der Waals surface area contributed by atoms with E-state index >= 15 is 0 Å². The third kappa shape index (κ3) is 1.90. The van der Waals surface area contributed by atoms with E-state index in [4.69, 9.17) is 0 Å². The predicted molar refractivity (Wildman–Crippen MR) is 47.9 cm³/mol. The quantitative estimate of drug-likeness (QED) is 0.570. The van der Waals surface area contributed by atoms with Crippen molar-refractivity contribution in [1.29, 1.82) is 0 Å². The molecule has 0 bridgehead atoms. The first-order valence-electron chi connectivity index (χ1n) is 4.84. The Bertz CT molecular complexity index is 227. The summed E-state index contributed by atoms with van der Waals surface area (Å²) in [6, 6.07) is 0.378. The van der Waals surface area contributed by atoms with Gasteiger partial charge in [0.2, 0.25) is 0 Å². The highest BCUT2D eigenvalue weighted by atomic mass is 19.3. The molecule has 1 aliphatic heterocycles. The molecule has 1 aliphatic carbocycles. The summed E-state index contributed by atoms with van der Waals surface area (Å²) in [5.74, 6) is -2.41. The van der Waals surface area contributed by atoms with E-state index in [1.807, 2.05) is 4.90 Å². The zero-order chi connectivity index (χ0) is 9.47. The molecule has 1 saturated heterocycles. The molecule has 1 atom stereocenters. The van der Waals surface area contributed by atoms with Gasteiger partial charge in [-0.2, -0.15) is 0 Å². The Kier molecular flexibility index (Phi) is 2.14. The number of nitrogens with zero attached hydrogens (tertiary/aromatic N) is 1. The van der Waals surface area contributed by atoms with Crippen molar-refractivity contribution in [2.24, 2.45) is 0 Å². The van der Waals surface area contributed by atoms with Crippen molar-refractivity contribution in [3.8, 4) is 0 Å². The van der Waals surface area contributed by atoms with Crippen LogP contribution in [0.5, 0.6) is 0 Å². The maximum atomic E-state index is 12.6. The predicted octanol–water partition coefficient (Wildman–Crippen LogP) is 2.44. The molecule has 0 aromatic carbocycles. The number of alkyl halides is 2. The monoisotopic (exact) mass is 187 g/mol. The van der Waals surface area contributed by atoms with Crippen molar-refractivity contribution in [3.63, 3.8) is 0 Å². The Labute approximate surface area is 77.4 Å². The summed E-state index contributed by atoms with van der Waals surface area (Å²) >= 11 is 0. The highest BCUT2D eigenvalue weighted by molar-refractivity contribution is 5.06. The van der Waals surface area contributed by atoms with Crippen LogP contribution < -0.4 is 0 Å². The second kappa shape index (κ2) is 3.05. The van der Waals surface area contributed by atoms with Crippen LogP contribution in [0.4, 0.5) is 8.78 Å². The Morgan fingerprint density at radius 2 is 2.15 bits per heavy atom. The first kappa shape index (κ1) is 9.13. The van der Waals surface area contributed by atoms with Crippen LogP contribution in [0.2, 0.25) is 0 Å². The van der Waals surface area contributed by atoms with Gasteiger partial charge in [-0.3, -0.25) is 4.90 Å². The van der Waals surface area contributed by atoms with Crippen LogP contribution in [0, 0.1) is 0 Å². The number of hydrogen-bond acceptors (Lipinski definition) is 1. The normalized spacial score (nSPS) is 33.8. The highest BCUT2D eigenvalue weighted by Gasteiger charge is 2.46. The summed E-state index contributed by atoms with van der Waals surface area (Å²) in [7, 11) is 0. The molecule has 2 rings (SSSR count). The Balaban J connectivity index is 1.85. The zero-order valence-electron chi connectivity index (χ0n) is 7.89. The van der Waals surface area contributed by atoms with Gasteiger partial charge in [0.05, 0.1) is 13.1 Å². The minimum absolute atomic E-state index is 0.0233. The molecule has 3 heteroatoms. The van der Waals surface area contributed by atoms with Gasteiger partial charge in [-0.15, -0.1) is 0 Å². The number of rotatable bonds is 1. The second-order valence-electron chi connectivity index (χ2n) is 4.24. The van der Waals surface area contributed by atoms with Gasteiger partial charge in [0, 0.05) is 6.04 Å². The van der Waals surface area contributed by atoms with Crippen molar-refractivity contribution in [1.82, 2.24) is 4.90 Å². The van der Waals surface area contributed by atoms with E-state index in [1.165, 1.54) is 5.57 Å². The van der Waals surface area contributed by atoms with E-state index in [9.17, 15) is 8.78 Å². The smallest absolute Gasteiger partial charge is 0.272 e. The summed E-state index contributed by atoms with van der Waals surface area (Å²) < 4.78 is 25.1. The third-order valence-corrected chi connectivity index (χ3v) is 3.00. The molecule has 2 aliphatic rings. The van der Waals surface area contributed by atoms with Gasteiger partial charge in [-0.1, -0.05) is 11.6 Å². The van der Waals surface area contributed by atoms with Crippen molar-refractivity contribution in [2.75, 3.05) is 13.1 Å². The molecule has 1 unspecified atom stereocenters. The van der Waals surface area contributed by atoms with Gasteiger partial charge in [-0.05, 0) is 26.2 Å². The molecule has 0 aromatic rings. The lowest BCUT2D eigenvalue weighted by Crippen LogP contribution is -2.60. The molecule has 0 saturated carbocycles. The fourth-order valence-corrected chi connectivity index (χ4v) is 2.09. The maximum absolute atomic E-state index is 12.6. The summed E-state index contributed by atoms with van der Waals surface area (Å²) in [6.45, 7) is 2.07. The van der Waals surface area contributed by atoms with Gasteiger partial charge < -0.3 is 0 Å². The van der Waals surface area contributed by atoms with E-state index in [0.717, 1.165) is 19.3 Å². The molecular formula is C10H15F2N. The van der Waals surface area contributed by atoms with E-state index in [0.29, 0.717) is 6.04 Å². The second-order valence-corrected chi connectivity index (χ2v) is 4.24. The summed E-state index contributed by atoms with van der Waals surface area (Å²) in [5, 5.41) is 0. The highest BCUT2D eigenvalue weighted by Crippen LogP contribution is 2.33. The third-order valence-electron chi connectivity index (χ3n) is 3.00. The molecule has 13 heavy (non-hydrogen) atoms. The largest absolute Gasteiger partial charge is 0.288 e. The van der Waals surface area contributed by atoms with E-state index < -0.39 is 5.92 Å². The minimum Gasteiger partial charge on any atom is -0.288 e. The zero-order valence-corrected chi connectivity index (χ0v) is 7.89. The van der Waals surface area contributed by atoms with Crippen LogP contribution in [-0.4, -0.2) is 30.0 Å². The molecule has 74 valence electrons. The number of allylic oxidation sites excluding steroid dienone is 1. The van der Waals surface area contributed by atoms with E-state index in [2.05, 4.69) is 13.0 Å². The Hall–Kier alpha value is -0.440. The van der Waals surface area contributed by atoms with Crippen molar-refractivity contribution < 1.29 is 8.78 Å². The fourth-order valence-electron chi connectivity index (χ4n) is 2.09. The van der Waals surface area contributed by atoms with Crippen LogP contribution in [0.1, 0.15) is 26.2 Å². The molecule has 0 N–H and O–H groups in total. The molecule has 0 amide bonds. The van der Waals surface area contributed by atoms with E-state index in [1.54, 1.807) is 0 Å². The van der Waals surface area contributed by atoms with Crippen molar-refractivity contribution in [2.45, 2.75) is 38.2 Å². The van der Waals surface area contributed by atoms with Crippen LogP contribution in [0.3, 0.4) is 0 Å². The first-order chi connectivity index (χ1) is 6.07. The van der Waals surface area contributed by atoms with E-state index in [-0.39, 0.29) is 13.1 Å². The molecule has 1 heterocycles. The summed E-state index contributed by atoms with van der Waals surface area (Å²) in [6.07, 6.45) is 5.28. The Morgan fingerprint density at radius 3 is 2.62 bits per heavy atom. The average molecular weight is 187 g/mol. The standard InChI is InChI=1S/C10H15F2N/c1-8-2-4-9(5-3-8)13-6-10(11,12)7-13/h2,9H,3-7H2,1H3. The molecule has 1 fully saturated rings. The van der Waals surface area contributed by atoms with Crippen molar-refractivity contribution >= 4 is 0 Å². The number of likely N-dealkylation sites (tertiary alicyclic amines) is 1. The van der Waals surface area contributed by atoms with Gasteiger partial charge in [0.25, 0.3) is 5.92 Å². The number of hydrogen-bond donors (Lipinski definition) is 0. The summed E-state index contributed by atoms with van der Waals surface area (Å²) in [5.41, 5.74) is 1.41. The lowest BCUT2D eigenvalue weighted by atomic mass is 9.92. The first-order valence-corrected chi connectivity index (χ1v) is 4.84. The average Bonchev–Trinajstić information content (AvgIpc) is 2.01. The fraction of sp³-hybridized carbons (Fsp3) is 0.800. The SMILES string of the molecule is CC1=CCC(N2CC(F)(F)C2)CC1. The lowest BCUT2D eigenvalue weighted by molar-refractivity contribution is -0.146. The molecule has 0 spiro atoms. The van der Waals surface area contributed by atoms with Crippen LogP contribution in [0.25, 0.3) is 0 Å². The lowest BCUT2D eigenvalue weighted by Gasteiger charge is -2.44.